The second-order valence-electron chi connectivity index (χ2n) is 7.76. The molecule has 8 heteroatoms. The number of halogens is 1. The van der Waals surface area contributed by atoms with Crippen LogP contribution in [0.4, 0.5) is 5.69 Å². The Kier molecular flexibility index (Phi) is 7.37. The van der Waals surface area contributed by atoms with E-state index in [-0.39, 0.29) is 11.8 Å². The molecule has 1 saturated heterocycles. The highest BCUT2D eigenvalue weighted by atomic mass is 35.5. The summed E-state index contributed by atoms with van der Waals surface area (Å²) in [5, 5.41) is 7.33. The van der Waals surface area contributed by atoms with E-state index in [1.54, 1.807) is 25.3 Å². The minimum absolute atomic E-state index is 0.0854. The van der Waals surface area contributed by atoms with Crippen molar-refractivity contribution in [3.05, 3.63) is 40.2 Å². The average molecular weight is 434 g/mol. The molecule has 30 heavy (non-hydrogen) atoms. The molecule has 2 amide bonds. The van der Waals surface area contributed by atoms with Gasteiger partial charge >= 0.3 is 0 Å². The summed E-state index contributed by atoms with van der Waals surface area (Å²) in [6, 6.07) is 5.11. The Balaban J connectivity index is 1.51. The fraction of sp³-hybridized carbons (Fsp3) is 0.500. The van der Waals surface area contributed by atoms with E-state index in [0.717, 1.165) is 37.1 Å². The van der Waals surface area contributed by atoms with Crippen LogP contribution in [0.25, 0.3) is 0 Å². The van der Waals surface area contributed by atoms with Crippen molar-refractivity contribution in [2.45, 2.75) is 46.0 Å². The number of anilines is 1. The maximum atomic E-state index is 12.7. The largest absolute Gasteiger partial charge is 0.495 e. The van der Waals surface area contributed by atoms with Crippen molar-refractivity contribution in [3.63, 3.8) is 0 Å². The number of carbonyl (C=O) groups is 2. The lowest BCUT2D eigenvalue weighted by molar-refractivity contribution is -0.132. The number of nitrogens with zero attached hydrogens (tertiary/aromatic N) is 2. The number of ether oxygens (including phenoxy) is 1. The van der Waals surface area contributed by atoms with Gasteiger partial charge in [0.2, 0.25) is 11.8 Å². The molecule has 2 heterocycles. The maximum Gasteiger partial charge on any atom is 0.227 e. The zero-order chi connectivity index (χ0) is 21.7. The first-order chi connectivity index (χ1) is 14.4. The van der Waals surface area contributed by atoms with Crippen molar-refractivity contribution in [2.24, 2.45) is 5.92 Å². The van der Waals surface area contributed by atoms with Crippen LogP contribution in [0.2, 0.25) is 5.02 Å². The molecule has 1 N–H and O–H groups in total. The zero-order valence-electron chi connectivity index (χ0n) is 17.7. The summed E-state index contributed by atoms with van der Waals surface area (Å²) in [4.78, 5) is 27.1. The lowest BCUT2D eigenvalue weighted by Gasteiger charge is -2.33. The van der Waals surface area contributed by atoms with Crippen LogP contribution < -0.4 is 10.1 Å². The Morgan fingerprint density at radius 3 is 2.87 bits per heavy atom. The molecular formula is C22H28ClN3O4. The molecule has 1 aromatic heterocycles. The van der Waals surface area contributed by atoms with E-state index in [2.05, 4.69) is 10.5 Å². The fourth-order valence-electron chi connectivity index (χ4n) is 3.87. The van der Waals surface area contributed by atoms with E-state index in [9.17, 15) is 9.59 Å². The third kappa shape index (κ3) is 5.53. The van der Waals surface area contributed by atoms with Gasteiger partial charge in [-0.25, -0.2) is 0 Å². The van der Waals surface area contributed by atoms with Crippen LogP contribution in [0.1, 0.15) is 42.7 Å². The van der Waals surface area contributed by atoms with Crippen LogP contribution in [0.5, 0.6) is 5.75 Å². The molecule has 3 rings (SSSR count). The molecule has 7 nitrogen and oxygen atoms in total. The van der Waals surface area contributed by atoms with E-state index in [1.807, 2.05) is 18.7 Å². The van der Waals surface area contributed by atoms with Crippen molar-refractivity contribution in [1.29, 1.82) is 0 Å². The molecule has 0 saturated carbocycles. The molecule has 1 aromatic carbocycles. The number of nitrogens with one attached hydrogen (secondary N) is 1. The van der Waals surface area contributed by atoms with Crippen LogP contribution in [-0.4, -0.2) is 42.1 Å². The SMILES string of the molecule is COc1ccc(Cl)cc1NC(=O)CC[C@H]1CCCN(C(=O)Cc2c(C)noc2C)C1. The van der Waals surface area contributed by atoms with E-state index in [4.69, 9.17) is 20.9 Å². The highest BCUT2D eigenvalue weighted by Crippen LogP contribution is 2.28. The molecule has 0 unspecified atom stereocenters. The smallest absolute Gasteiger partial charge is 0.227 e. The highest BCUT2D eigenvalue weighted by Gasteiger charge is 2.25. The van der Waals surface area contributed by atoms with Crippen molar-refractivity contribution >= 4 is 29.1 Å². The first-order valence-corrected chi connectivity index (χ1v) is 10.6. The Morgan fingerprint density at radius 2 is 2.17 bits per heavy atom. The monoisotopic (exact) mass is 433 g/mol. The van der Waals surface area contributed by atoms with Crippen LogP contribution >= 0.6 is 11.6 Å². The van der Waals surface area contributed by atoms with Gasteiger partial charge < -0.3 is 19.5 Å². The minimum atomic E-state index is -0.0882. The van der Waals surface area contributed by atoms with Crippen molar-refractivity contribution < 1.29 is 18.8 Å². The number of benzene rings is 1. The number of piperidine rings is 1. The number of methoxy groups -OCH3 is 1. The molecular weight excluding hydrogens is 406 g/mol. The van der Waals surface area contributed by atoms with Crippen molar-refractivity contribution in [2.75, 3.05) is 25.5 Å². The molecule has 1 fully saturated rings. The summed E-state index contributed by atoms with van der Waals surface area (Å²) in [7, 11) is 1.55. The number of likely N-dealkylation sites (tertiary alicyclic amines) is 1. The number of hydrogen-bond acceptors (Lipinski definition) is 5. The van der Waals surface area contributed by atoms with Gasteiger partial charge in [-0.3, -0.25) is 9.59 Å². The predicted octanol–water partition coefficient (Wildman–Crippen LogP) is 4.15. The first kappa shape index (κ1) is 22.2. The number of aromatic nitrogens is 1. The second kappa shape index (κ2) is 9.98. The van der Waals surface area contributed by atoms with Crippen molar-refractivity contribution in [3.8, 4) is 5.75 Å². The number of hydrogen-bond donors (Lipinski definition) is 1. The summed E-state index contributed by atoms with van der Waals surface area (Å²) in [6.07, 6.45) is 3.38. The molecule has 1 atom stereocenters. The molecule has 1 aliphatic heterocycles. The number of amides is 2. The lowest BCUT2D eigenvalue weighted by atomic mass is 9.92. The highest BCUT2D eigenvalue weighted by molar-refractivity contribution is 6.31. The third-order valence-electron chi connectivity index (χ3n) is 5.60. The second-order valence-corrected chi connectivity index (χ2v) is 8.20. The Bertz CT molecular complexity index is 892. The summed E-state index contributed by atoms with van der Waals surface area (Å²) in [6.45, 7) is 5.11. The molecule has 0 aliphatic carbocycles. The molecule has 0 radical (unpaired) electrons. The van der Waals surface area contributed by atoms with Gasteiger partial charge in [-0.05, 0) is 57.2 Å². The number of rotatable bonds is 7. The van der Waals surface area contributed by atoms with E-state index in [0.29, 0.717) is 47.5 Å². The van der Waals surface area contributed by atoms with E-state index < -0.39 is 0 Å². The maximum absolute atomic E-state index is 12.7. The van der Waals surface area contributed by atoms with Crippen LogP contribution in [0.15, 0.2) is 22.7 Å². The van der Waals surface area contributed by atoms with Crippen LogP contribution in [-0.2, 0) is 16.0 Å². The standard InChI is InChI=1S/C22H28ClN3O4/c1-14-18(15(2)30-25-14)12-22(28)26-10-4-5-16(13-26)6-9-21(27)24-19-11-17(23)7-8-20(19)29-3/h7-8,11,16H,4-6,9-10,12-13H2,1-3H3,(H,24,27)/t16-/m1/s1. The van der Waals surface area contributed by atoms with Gasteiger partial charge in [0.05, 0.1) is 24.9 Å². The third-order valence-corrected chi connectivity index (χ3v) is 5.83. The number of carbonyl (C=O) groups excluding carboxylic acids is 2. The van der Waals surface area contributed by atoms with Gasteiger partial charge in [-0.1, -0.05) is 16.8 Å². The Labute approximate surface area is 181 Å². The van der Waals surface area contributed by atoms with Crippen molar-refractivity contribution in [1.82, 2.24) is 10.1 Å². The normalized spacial score (nSPS) is 16.4. The molecule has 1 aliphatic rings. The zero-order valence-corrected chi connectivity index (χ0v) is 18.4. The van der Waals surface area contributed by atoms with Crippen LogP contribution in [0, 0.1) is 19.8 Å². The first-order valence-electron chi connectivity index (χ1n) is 10.2. The van der Waals surface area contributed by atoms with Crippen LogP contribution in [0.3, 0.4) is 0 Å². The van der Waals surface area contributed by atoms with Gasteiger partial charge in [0.25, 0.3) is 0 Å². The quantitative estimate of drug-likeness (QED) is 0.708. The average Bonchev–Trinajstić information content (AvgIpc) is 3.04. The molecule has 2 aromatic rings. The van der Waals surface area contributed by atoms with Gasteiger partial charge in [0.1, 0.15) is 11.5 Å². The molecule has 0 bridgehead atoms. The Hall–Kier alpha value is -2.54. The van der Waals surface area contributed by atoms with Gasteiger partial charge in [0.15, 0.2) is 0 Å². The van der Waals surface area contributed by atoms with Gasteiger partial charge in [0, 0.05) is 30.1 Å². The minimum Gasteiger partial charge on any atom is -0.495 e. The summed E-state index contributed by atoms with van der Waals surface area (Å²) >= 11 is 6.02. The summed E-state index contributed by atoms with van der Waals surface area (Å²) < 4.78 is 10.4. The molecule has 0 spiro atoms. The van der Waals surface area contributed by atoms with E-state index in [1.165, 1.54) is 0 Å². The Morgan fingerprint density at radius 1 is 1.37 bits per heavy atom. The van der Waals surface area contributed by atoms with Gasteiger partial charge in [-0.2, -0.15) is 0 Å². The lowest BCUT2D eigenvalue weighted by Crippen LogP contribution is -2.41. The summed E-state index contributed by atoms with van der Waals surface area (Å²) in [5.41, 5.74) is 2.20. The van der Waals surface area contributed by atoms with Gasteiger partial charge in [-0.15, -0.1) is 0 Å². The number of aryl methyl sites for hydroxylation is 2. The topological polar surface area (TPSA) is 84.7 Å². The molecule has 162 valence electrons. The predicted molar refractivity (Wildman–Crippen MR) is 115 cm³/mol. The fourth-order valence-corrected chi connectivity index (χ4v) is 4.04. The van der Waals surface area contributed by atoms with E-state index >= 15 is 0 Å². The summed E-state index contributed by atoms with van der Waals surface area (Å²) in [5.74, 6) is 1.57.